The molecule has 0 radical (unpaired) electrons. The monoisotopic (exact) mass is 160 g/mol. The molecule has 0 aliphatic heterocycles. The zero-order valence-electron chi connectivity index (χ0n) is 6.68. The number of pyridine rings is 1. The summed E-state index contributed by atoms with van der Waals surface area (Å²) in [7, 11) is 0. The maximum atomic E-state index is 4.05. The second-order valence-electron chi connectivity index (χ2n) is 2.43. The summed E-state index contributed by atoms with van der Waals surface area (Å²) in [6.07, 6.45) is 5.01. The highest BCUT2D eigenvalue weighted by atomic mass is 15.3. The van der Waals surface area contributed by atoms with Crippen LogP contribution in [-0.4, -0.2) is 19.7 Å². The van der Waals surface area contributed by atoms with Crippen LogP contribution in [0, 0.1) is 6.92 Å². The van der Waals surface area contributed by atoms with Crippen molar-refractivity contribution in [1.82, 2.24) is 19.7 Å². The van der Waals surface area contributed by atoms with Gasteiger partial charge in [-0.15, -0.1) is 0 Å². The van der Waals surface area contributed by atoms with Crippen LogP contribution in [0.3, 0.4) is 0 Å². The number of aromatic nitrogens is 4. The van der Waals surface area contributed by atoms with Gasteiger partial charge in [0.1, 0.15) is 12.2 Å². The van der Waals surface area contributed by atoms with Gasteiger partial charge in [0.15, 0.2) is 0 Å². The van der Waals surface area contributed by atoms with Gasteiger partial charge in [-0.3, -0.25) is 4.98 Å². The summed E-state index contributed by atoms with van der Waals surface area (Å²) < 4.78 is 1.74. The summed E-state index contributed by atoms with van der Waals surface area (Å²) in [6.45, 7) is 1.90. The summed E-state index contributed by atoms with van der Waals surface area (Å²) in [5.74, 6) is 0.864. The maximum absolute atomic E-state index is 4.05. The van der Waals surface area contributed by atoms with Gasteiger partial charge in [-0.2, -0.15) is 5.10 Å². The molecule has 60 valence electrons. The highest BCUT2D eigenvalue weighted by Gasteiger charge is 1.99. The Morgan fingerprint density at radius 2 is 2.33 bits per heavy atom. The van der Waals surface area contributed by atoms with Gasteiger partial charge in [0.05, 0.1) is 11.9 Å². The van der Waals surface area contributed by atoms with E-state index in [1.165, 1.54) is 6.33 Å². The van der Waals surface area contributed by atoms with E-state index in [2.05, 4.69) is 15.1 Å². The molecule has 0 fully saturated rings. The molecule has 0 bridgehead atoms. The largest absolute Gasteiger partial charge is 0.262 e. The third-order valence-electron chi connectivity index (χ3n) is 1.61. The van der Waals surface area contributed by atoms with E-state index in [1.54, 1.807) is 17.1 Å². The van der Waals surface area contributed by atoms with Crippen LogP contribution in [0.2, 0.25) is 0 Å². The fourth-order valence-electron chi connectivity index (χ4n) is 1.03. The summed E-state index contributed by atoms with van der Waals surface area (Å²) >= 11 is 0. The van der Waals surface area contributed by atoms with Crippen molar-refractivity contribution >= 4 is 0 Å². The van der Waals surface area contributed by atoms with Crippen molar-refractivity contribution in [2.45, 2.75) is 6.92 Å². The van der Waals surface area contributed by atoms with Crippen molar-refractivity contribution < 1.29 is 0 Å². The molecule has 0 aromatic carbocycles. The molecule has 0 unspecified atom stereocenters. The molecule has 0 saturated carbocycles. The second-order valence-corrected chi connectivity index (χ2v) is 2.43. The van der Waals surface area contributed by atoms with E-state index in [4.69, 9.17) is 0 Å². The maximum Gasteiger partial charge on any atom is 0.138 e. The van der Waals surface area contributed by atoms with Crippen LogP contribution < -0.4 is 0 Å². The highest BCUT2D eigenvalue weighted by molar-refractivity contribution is 5.26. The molecule has 0 atom stereocenters. The molecule has 2 heterocycles. The lowest BCUT2D eigenvalue weighted by molar-refractivity contribution is 0.835. The number of nitrogens with zero attached hydrogens (tertiary/aromatic N) is 4. The van der Waals surface area contributed by atoms with Crippen molar-refractivity contribution in [3.8, 4) is 5.69 Å². The Hall–Kier alpha value is -1.71. The van der Waals surface area contributed by atoms with Gasteiger partial charge in [0.25, 0.3) is 0 Å². The first kappa shape index (κ1) is 6.97. The second kappa shape index (κ2) is 2.73. The van der Waals surface area contributed by atoms with Crippen LogP contribution >= 0.6 is 0 Å². The number of hydrogen-bond donors (Lipinski definition) is 0. The van der Waals surface area contributed by atoms with E-state index in [-0.39, 0.29) is 0 Å². The predicted molar refractivity (Wildman–Crippen MR) is 43.9 cm³/mol. The lowest BCUT2D eigenvalue weighted by Gasteiger charge is -1.99. The molecule has 2 aromatic heterocycles. The molecule has 0 spiro atoms. The first-order valence-electron chi connectivity index (χ1n) is 3.65. The molecule has 0 aliphatic rings. The van der Waals surface area contributed by atoms with Crippen molar-refractivity contribution in [1.29, 1.82) is 0 Å². The summed E-state index contributed by atoms with van der Waals surface area (Å²) in [5, 5.41) is 4.05. The van der Waals surface area contributed by atoms with Crippen LogP contribution in [-0.2, 0) is 0 Å². The smallest absolute Gasteiger partial charge is 0.138 e. The Morgan fingerprint density at radius 3 is 2.92 bits per heavy atom. The van der Waals surface area contributed by atoms with Crippen LogP contribution in [0.5, 0.6) is 0 Å². The van der Waals surface area contributed by atoms with Gasteiger partial charge in [-0.05, 0) is 19.1 Å². The topological polar surface area (TPSA) is 43.6 Å². The first-order chi connectivity index (χ1) is 5.88. The van der Waals surface area contributed by atoms with E-state index in [0.717, 1.165) is 11.5 Å². The minimum atomic E-state index is 0.864. The van der Waals surface area contributed by atoms with E-state index in [9.17, 15) is 0 Å². The number of aryl methyl sites for hydroxylation is 1. The summed E-state index contributed by atoms with van der Waals surface area (Å²) in [4.78, 5) is 8.01. The minimum Gasteiger partial charge on any atom is -0.262 e. The number of hydrogen-bond acceptors (Lipinski definition) is 3. The third kappa shape index (κ3) is 1.07. The van der Waals surface area contributed by atoms with Gasteiger partial charge in [0.2, 0.25) is 0 Å². The van der Waals surface area contributed by atoms with E-state index in [0.29, 0.717) is 0 Å². The summed E-state index contributed by atoms with van der Waals surface area (Å²) in [5.41, 5.74) is 0.938. The van der Waals surface area contributed by atoms with Crippen molar-refractivity contribution in [2.75, 3.05) is 0 Å². The van der Waals surface area contributed by atoms with Gasteiger partial charge in [0, 0.05) is 6.20 Å². The van der Waals surface area contributed by atoms with E-state index >= 15 is 0 Å². The molecule has 0 aliphatic carbocycles. The molecule has 0 N–H and O–H groups in total. The molecule has 0 amide bonds. The van der Waals surface area contributed by atoms with E-state index in [1.807, 2.05) is 19.1 Å². The Kier molecular flexibility index (Phi) is 1.59. The molecule has 4 heteroatoms. The van der Waals surface area contributed by atoms with Gasteiger partial charge >= 0.3 is 0 Å². The molecule has 12 heavy (non-hydrogen) atoms. The van der Waals surface area contributed by atoms with Gasteiger partial charge in [-0.25, -0.2) is 9.67 Å². The van der Waals surface area contributed by atoms with Gasteiger partial charge in [-0.1, -0.05) is 0 Å². The Bertz CT molecular complexity index is 366. The Balaban J connectivity index is 2.51. The molecular weight excluding hydrogens is 152 g/mol. The van der Waals surface area contributed by atoms with Crippen LogP contribution in [0.25, 0.3) is 5.69 Å². The molecule has 2 rings (SSSR count). The molecular formula is C8H8N4. The predicted octanol–water partition coefficient (Wildman–Crippen LogP) is 0.971. The van der Waals surface area contributed by atoms with Crippen LogP contribution in [0.15, 0.2) is 30.9 Å². The van der Waals surface area contributed by atoms with Crippen LogP contribution in [0.1, 0.15) is 5.82 Å². The third-order valence-corrected chi connectivity index (χ3v) is 1.61. The minimum absolute atomic E-state index is 0.864. The molecule has 4 nitrogen and oxygen atoms in total. The molecule has 0 saturated heterocycles. The van der Waals surface area contributed by atoms with Crippen molar-refractivity contribution in [2.24, 2.45) is 0 Å². The van der Waals surface area contributed by atoms with Crippen molar-refractivity contribution in [3.63, 3.8) is 0 Å². The average Bonchev–Trinajstić information content (AvgIpc) is 2.53. The van der Waals surface area contributed by atoms with Gasteiger partial charge < -0.3 is 0 Å². The fourth-order valence-corrected chi connectivity index (χ4v) is 1.03. The lowest BCUT2D eigenvalue weighted by atomic mass is 10.4. The van der Waals surface area contributed by atoms with Crippen LogP contribution in [0.4, 0.5) is 0 Å². The Labute approximate surface area is 69.9 Å². The first-order valence-corrected chi connectivity index (χ1v) is 3.65. The van der Waals surface area contributed by atoms with E-state index < -0.39 is 0 Å². The zero-order chi connectivity index (χ0) is 8.39. The fraction of sp³-hybridized carbons (Fsp3) is 0.125. The SMILES string of the molecule is Cc1ncnn1-c1cccnc1. The lowest BCUT2D eigenvalue weighted by Crippen LogP contribution is -1.98. The van der Waals surface area contributed by atoms with Crippen molar-refractivity contribution in [3.05, 3.63) is 36.7 Å². The Morgan fingerprint density at radius 1 is 1.42 bits per heavy atom. The molecule has 2 aromatic rings. The normalized spacial score (nSPS) is 10.1. The summed E-state index contributed by atoms with van der Waals surface area (Å²) in [6, 6.07) is 3.81. The average molecular weight is 160 g/mol. The zero-order valence-corrected chi connectivity index (χ0v) is 6.68. The quantitative estimate of drug-likeness (QED) is 0.624. The standard InChI is InChI=1S/C8H8N4/c1-7-10-6-11-12(7)8-3-2-4-9-5-8/h2-6H,1H3. The number of rotatable bonds is 1. The highest BCUT2D eigenvalue weighted by Crippen LogP contribution is 2.04.